The number of aliphatic hydroxyl groups excluding tert-OH is 1. The Morgan fingerprint density at radius 1 is 1.33 bits per heavy atom. The zero-order valence-corrected chi connectivity index (χ0v) is 9.57. The molecule has 1 rings (SSSR count). The first-order valence-corrected chi connectivity index (χ1v) is 5.20. The molecule has 0 bridgehead atoms. The van der Waals surface area contributed by atoms with Gasteiger partial charge in [0.1, 0.15) is 5.75 Å². The predicted octanol–water partition coefficient (Wildman–Crippen LogP) is 2.65. The molecule has 1 aromatic rings. The van der Waals surface area contributed by atoms with Gasteiger partial charge in [-0.2, -0.15) is 0 Å². The van der Waals surface area contributed by atoms with Crippen molar-refractivity contribution in [3.8, 4) is 5.75 Å². The Bertz CT molecular complexity index is 318. The molecule has 0 radical (unpaired) electrons. The summed E-state index contributed by atoms with van der Waals surface area (Å²) in [5.74, 6) is 0.0994. The molecule has 3 nitrogen and oxygen atoms in total. The van der Waals surface area contributed by atoms with Crippen LogP contribution in [0.1, 0.15) is 45.3 Å². The van der Waals surface area contributed by atoms with Gasteiger partial charge in [0.25, 0.3) is 0 Å². The Morgan fingerprint density at radius 2 is 2.00 bits per heavy atom. The Balaban J connectivity index is 2.58. The number of aliphatic hydroxyl groups is 1. The zero-order valence-electron chi connectivity index (χ0n) is 9.57. The van der Waals surface area contributed by atoms with Gasteiger partial charge in [-0.1, -0.05) is 20.8 Å². The van der Waals surface area contributed by atoms with Crippen LogP contribution in [-0.4, -0.2) is 15.2 Å². The average Bonchev–Trinajstić information content (AvgIpc) is 2.13. The van der Waals surface area contributed by atoms with E-state index >= 15 is 0 Å². The Labute approximate surface area is 90.8 Å². The van der Waals surface area contributed by atoms with E-state index in [2.05, 4.69) is 25.8 Å². The van der Waals surface area contributed by atoms with Crippen LogP contribution in [-0.2, 0) is 0 Å². The minimum Gasteiger partial charge on any atom is -0.506 e. The van der Waals surface area contributed by atoms with Crippen molar-refractivity contribution in [3.05, 3.63) is 24.0 Å². The van der Waals surface area contributed by atoms with E-state index in [-0.39, 0.29) is 11.2 Å². The first kappa shape index (κ1) is 12.0. The summed E-state index contributed by atoms with van der Waals surface area (Å²) < 4.78 is 0. The topological polar surface area (TPSA) is 53.4 Å². The summed E-state index contributed by atoms with van der Waals surface area (Å²) in [6.45, 7) is 6.42. The molecule has 0 aliphatic heterocycles. The number of pyridine rings is 1. The van der Waals surface area contributed by atoms with Crippen LogP contribution in [0.5, 0.6) is 5.75 Å². The highest BCUT2D eigenvalue weighted by molar-refractivity contribution is 5.23. The number of rotatable bonds is 3. The van der Waals surface area contributed by atoms with Gasteiger partial charge in [-0.3, -0.25) is 4.98 Å². The van der Waals surface area contributed by atoms with Crippen molar-refractivity contribution in [3.63, 3.8) is 0 Å². The van der Waals surface area contributed by atoms with Crippen LogP contribution in [0.4, 0.5) is 0 Å². The average molecular weight is 209 g/mol. The quantitative estimate of drug-likeness (QED) is 0.804. The van der Waals surface area contributed by atoms with Crippen molar-refractivity contribution in [1.82, 2.24) is 4.98 Å². The van der Waals surface area contributed by atoms with E-state index in [9.17, 15) is 10.2 Å². The molecule has 0 aromatic carbocycles. The van der Waals surface area contributed by atoms with Crippen LogP contribution in [0.15, 0.2) is 18.5 Å². The van der Waals surface area contributed by atoms with E-state index in [1.54, 1.807) is 12.3 Å². The Morgan fingerprint density at radius 3 is 2.53 bits per heavy atom. The van der Waals surface area contributed by atoms with Gasteiger partial charge in [0.15, 0.2) is 0 Å². The smallest absolute Gasteiger partial charge is 0.134 e. The predicted molar refractivity (Wildman–Crippen MR) is 59.6 cm³/mol. The largest absolute Gasteiger partial charge is 0.506 e. The van der Waals surface area contributed by atoms with Crippen LogP contribution in [0.2, 0.25) is 0 Å². The maximum atomic E-state index is 9.86. The van der Waals surface area contributed by atoms with E-state index in [1.165, 1.54) is 6.20 Å². The van der Waals surface area contributed by atoms with E-state index in [0.29, 0.717) is 12.0 Å². The van der Waals surface area contributed by atoms with Crippen LogP contribution >= 0.6 is 0 Å². The molecule has 3 heteroatoms. The standard InChI is InChI=1S/C12H19NO2/c1-12(2,3)5-4-11(15)9-6-10(14)8-13-7-9/h6-8,11,14-15H,4-5H2,1-3H3/t11-/m0/s1. The lowest BCUT2D eigenvalue weighted by Crippen LogP contribution is -2.08. The fourth-order valence-corrected chi connectivity index (χ4v) is 1.36. The van der Waals surface area contributed by atoms with Gasteiger partial charge in [0.05, 0.1) is 12.3 Å². The maximum Gasteiger partial charge on any atom is 0.134 e. The SMILES string of the molecule is CC(C)(C)CC[C@H](O)c1cncc(O)c1. The van der Waals surface area contributed by atoms with Gasteiger partial charge in [0.2, 0.25) is 0 Å². The third-order valence-corrected chi connectivity index (χ3v) is 2.30. The lowest BCUT2D eigenvalue weighted by atomic mass is 9.88. The monoisotopic (exact) mass is 209 g/mol. The molecule has 0 saturated carbocycles. The van der Waals surface area contributed by atoms with E-state index in [0.717, 1.165) is 6.42 Å². The third kappa shape index (κ3) is 4.30. The lowest BCUT2D eigenvalue weighted by molar-refractivity contribution is 0.147. The summed E-state index contributed by atoms with van der Waals surface area (Å²) >= 11 is 0. The highest BCUT2D eigenvalue weighted by atomic mass is 16.3. The van der Waals surface area contributed by atoms with Gasteiger partial charge in [0, 0.05) is 11.8 Å². The first-order chi connectivity index (χ1) is 6.88. The molecule has 1 aromatic heterocycles. The van der Waals surface area contributed by atoms with Gasteiger partial charge in [-0.25, -0.2) is 0 Å². The molecule has 1 heterocycles. The second-order valence-corrected chi connectivity index (χ2v) is 5.09. The van der Waals surface area contributed by atoms with Crippen LogP contribution < -0.4 is 0 Å². The van der Waals surface area contributed by atoms with Gasteiger partial charge in [-0.15, -0.1) is 0 Å². The van der Waals surface area contributed by atoms with Crippen molar-refractivity contribution < 1.29 is 10.2 Å². The molecule has 84 valence electrons. The van der Waals surface area contributed by atoms with Crippen LogP contribution in [0.25, 0.3) is 0 Å². The summed E-state index contributed by atoms with van der Waals surface area (Å²) in [5, 5.41) is 19.1. The second kappa shape index (κ2) is 4.62. The van der Waals surface area contributed by atoms with Crippen molar-refractivity contribution >= 4 is 0 Å². The minimum absolute atomic E-state index is 0.0994. The van der Waals surface area contributed by atoms with Crippen molar-refractivity contribution in [2.45, 2.75) is 39.7 Å². The summed E-state index contributed by atoms with van der Waals surface area (Å²) in [6, 6.07) is 1.56. The maximum absolute atomic E-state index is 9.86. The fourth-order valence-electron chi connectivity index (χ4n) is 1.36. The van der Waals surface area contributed by atoms with Crippen LogP contribution in [0.3, 0.4) is 0 Å². The van der Waals surface area contributed by atoms with Crippen molar-refractivity contribution in [2.75, 3.05) is 0 Å². The fraction of sp³-hybridized carbons (Fsp3) is 0.583. The summed E-state index contributed by atoms with van der Waals surface area (Å²) in [5.41, 5.74) is 0.893. The van der Waals surface area contributed by atoms with Gasteiger partial charge in [-0.05, 0) is 24.3 Å². The molecule has 0 spiro atoms. The van der Waals surface area contributed by atoms with Gasteiger partial charge >= 0.3 is 0 Å². The van der Waals surface area contributed by atoms with E-state index in [1.807, 2.05) is 0 Å². The number of hydrogen-bond donors (Lipinski definition) is 2. The molecule has 2 N–H and O–H groups in total. The molecule has 0 amide bonds. The second-order valence-electron chi connectivity index (χ2n) is 5.09. The van der Waals surface area contributed by atoms with E-state index in [4.69, 9.17) is 0 Å². The van der Waals surface area contributed by atoms with Crippen LogP contribution in [0, 0.1) is 5.41 Å². The van der Waals surface area contributed by atoms with Crippen molar-refractivity contribution in [2.24, 2.45) is 5.41 Å². The van der Waals surface area contributed by atoms with E-state index < -0.39 is 6.10 Å². The van der Waals surface area contributed by atoms with Gasteiger partial charge < -0.3 is 10.2 Å². The molecule has 0 aliphatic carbocycles. The number of nitrogens with zero attached hydrogens (tertiary/aromatic N) is 1. The normalized spacial score (nSPS) is 13.9. The minimum atomic E-state index is -0.538. The lowest BCUT2D eigenvalue weighted by Gasteiger charge is -2.20. The van der Waals surface area contributed by atoms with Crippen molar-refractivity contribution in [1.29, 1.82) is 0 Å². The summed E-state index contributed by atoms with van der Waals surface area (Å²) in [6.07, 6.45) is 4.04. The Hall–Kier alpha value is -1.09. The highest BCUT2D eigenvalue weighted by Crippen LogP contribution is 2.27. The molecule has 0 saturated heterocycles. The number of hydrogen-bond acceptors (Lipinski definition) is 3. The molecule has 1 atom stereocenters. The molecular formula is C12H19NO2. The molecule has 0 unspecified atom stereocenters. The number of aromatic hydroxyl groups is 1. The number of aromatic nitrogens is 1. The molecule has 0 aliphatic rings. The zero-order chi connectivity index (χ0) is 11.5. The molecule has 0 fully saturated rings. The first-order valence-electron chi connectivity index (χ1n) is 5.20. The summed E-state index contributed by atoms with van der Waals surface area (Å²) in [4.78, 5) is 3.84. The molecule has 15 heavy (non-hydrogen) atoms. The third-order valence-electron chi connectivity index (χ3n) is 2.30. The Kier molecular flexibility index (Phi) is 3.69. The highest BCUT2D eigenvalue weighted by Gasteiger charge is 2.15. The summed E-state index contributed by atoms with van der Waals surface area (Å²) in [7, 11) is 0. The molecular weight excluding hydrogens is 190 g/mol.